The fourth-order valence-electron chi connectivity index (χ4n) is 5.78. The Morgan fingerprint density at radius 3 is 1.58 bits per heavy atom. The van der Waals surface area contributed by atoms with E-state index in [1.807, 2.05) is 36.4 Å². The van der Waals surface area contributed by atoms with Gasteiger partial charge in [0, 0.05) is 34.6 Å². The van der Waals surface area contributed by atoms with E-state index < -0.39 is 97.9 Å². The summed E-state index contributed by atoms with van der Waals surface area (Å²) in [5.41, 5.74) is 1.57. The van der Waals surface area contributed by atoms with Gasteiger partial charge in [-0.2, -0.15) is 0 Å². The molecule has 0 aromatic heterocycles. The molecule has 16 heteroatoms. The summed E-state index contributed by atoms with van der Waals surface area (Å²) in [4.78, 5) is 61.4. The third-order valence-corrected chi connectivity index (χ3v) is 7.83. The minimum atomic E-state index is -1.67. The van der Waals surface area contributed by atoms with Gasteiger partial charge in [0.1, 0.15) is 31.0 Å². The smallest absolute Gasteiger partial charge is 0.303 e. The monoisotopic (exact) mass is 732 g/mol. The summed E-state index contributed by atoms with van der Waals surface area (Å²) in [6.07, 6.45) is -14.5. The van der Waals surface area contributed by atoms with Crippen LogP contribution in [0.2, 0.25) is 0 Å². The Kier molecular flexibility index (Phi) is 15.0. The lowest BCUT2D eigenvalue weighted by Crippen LogP contribution is -2.67. The first-order valence-electron chi connectivity index (χ1n) is 16.6. The number of hydrogen-bond acceptors (Lipinski definition) is 16. The maximum absolute atomic E-state index is 12.6. The van der Waals surface area contributed by atoms with Crippen LogP contribution in [-0.4, -0.2) is 110 Å². The summed E-state index contributed by atoms with van der Waals surface area (Å²) in [7, 11) is 0. The van der Waals surface area contributed by atoms with Crippen LogP contribution < -0.4 is 0 Å². The predicted octanol–water partition coefficient (Wildman–Crippen LogP) is 1.91. The van der Waals surface area contributed by atoms with Crippen LogP contribution in [0.4, 0.5) is 0 Å². The second-order valence-electron chi connectivity index (χ2n) is 12.1. The van der Waals surface area contributed by atoms with Gasteiger partial charge < -0.3 is 52.5 Å². The number of carbonyl (C=O) groups is 5. The van der Waals surface area contributed by atoms with Crippen molar-refractivity contribution < 1.29 is 76.4 Å². The van der Waals surface area contributed by atoms with Crippen LogP contribution in [-0.2, 0) is 84.6 Å². The number of esters is 5. The number of benzene rings is 2. The molecule has 0 amide bonds. The Morgan fingerprint density at radius 1 is 0.558 bits per heavy atom. The van der Waals surface area contributed by atoms with Crippen molar-refractivity contribution in [3.8, 4) is 0 Å². The van der Waals surface area contributed by atoms with Crippen LogP contribution >= 0.6 is 0 Å². The highest BCUT2D eigenvalue weighted by molar-refractivity contribution is 5.69. The number of aliphatic hydroxyl groups excluding tert-OH is 1. The molecule has 0 unspecified atom stereocenters. The van der Waals surface area contributed by atoms with E-state index in [1.165, 1.54) is 0 Å². The molecular weight excluding hydrogens is 688 g/mol. The molecule has 284 valence electrons. The highest BCUT2D eigenvalue weighted by Gasteiger charge is 2.56. The van der Waals surface area contributed by atoms with E-state index in [9.17, 15) is 29.1 Å². The summed E-state index contributed by atoms with van der Waals surface area (Å²) in [6.45, 7) is 4.96. The van der Waals surface area contributed by atoms with Crippen molar-refractivity contribution in [2.24, 2.45) is 0 Å². The maximum Gasteiger partial charge on any atom is 0.303 e. The van der Waals surface area contributed by atoms with Gasteiger partial charge in [-0.25, -0.2) is 0 Å². The van der Waals surface area contributed by atoms with E-state index >= 15 is 0 Å². The number of ether oxygens (including phenoxy) is 10. The molecule has 2 aromatic carbocycles. The van der Waals surface area contributed by atoms with Gasteiger partial charge in [-0.1, -0.05) is 60.7 Å². The summed E-state index contributed by atoms with van der Waals surface area (Å²) in [6, 6.07) is 18.2. The molecule has 4 rings (SSSR count). The summed E-state index contributed by atoms with van der Waals surface area (Å²) < 4.78 is 58.1. The fourth-order valence-corrected chi connectivity index (χ4v) is 5.78. The minimum Gasteiger partial charge on any atom is -0.463 e. The third kappa shape index (κ3) is 11.8. The quantitative estimate of drug-likeness (QED) is 0.206. The molecule has 1 N–H and O–H groups in total. The third-order valence-electron chi connectivity index (χ3n) is 7.83. The lowest BCUT2D eigenvalue weighted by molar-refractivity contribution is -0.361. The van der Waals surface area contributed by atoms with Crippen molar-refractivity contribution in [1.29, 1.82) is 0 Å². The van der Waals surface area contributed by atoms with Gasteiger partial charge >= 0.3 is 29.8 Å². The van der Waals surface area contributed by atoms with Crippen LogP contribution in [0.15, 0.2) is 60.7 Å². The molecule has 2 saturated heterocycles. The van der Waals surface area contributed by atoms with Gasteiger partial charge in [0.15, 0.2) is 37.0 Å². The van der Waals surface area contributed by atoms with Crippen LogP contribution in [0, 0.1) is 0 Å². The van der Waals surface area contributed by atoms with Crippen molar-refractivity contribution in [3.05, 3.63) is 71.8 Å². The Hall–Kier alpha value is -4.45. The standard InChI is InChI=1S/C36H44O16/c1-20(37)44-19-28-29(46-21(2)38)32(48-23(4)40)34(49-24(5)41)36(51-28)52-30-27(18-43-16-25-12-8-6-9-13-25)50-35(42)33(31(30)47-22(3)39)45-17-26-14-10-7-11-15-26/h6-15,27-36,42H,16-19H2,1-5H3/t27-,28-,29+,30+,31+,32+,33-,34-,35-,36+/m1/s1. The SMILES string of the molecule is CC(=O)OC[C@H]1O[C@@H](O[C@@H]2[C@H](OC(C)=O)[C@@H](OCc3ccccc3)[C@H](O)O[C@@H]2COCc2ccccc2)[C@H](OC(C)=O)[C@@H](OC(C)=O)[C@H]1OC(C)=O. The first-order valence-corrected chi connectivity index (χ1v) is 16.6. The average Bonchev–Trinajstić information content (AvgIpc) is 3.07. The first-order chi connectivity index (χ1) is 24.8. The van der Waals surface area contributed by atoms with Gasteiger partial charge in [-0.05, 0) is 11.1 Å². The second-order valence-corrected chi connectivity index (χ2v) is 12.1. The van der Waals surface area contributed by atoms with E-state index in [4.69, 9.17) is 47.4 Å². The van der Waals surface area contributed by atoms with E-state index in [0.717, 1.165) is 45.7 Å². The van der Waals surface area contributed by atoms with Crippen LogP contribution in [0.25, 0.3) is 0 Å². The number of rotatable bonds is 15. The van der Waals surface area contributed by atoms with Gasteiger partial charge in [-0.15, -0.1) is 0 Å². The van der Waals surface area contributed by atoms with E-state index in [1.54, 1.807) is 24.3 Å². The van der Waals surface area contributed by atoms with Crippen molar-refractivity contribution in [1.82, 2.24) is 0 Å². The Bertz CT molecular complexity index is 1490. The van der Waals surface area contributed by atoms with E-state index in [2.05, 4.69) is 0 Å². The zero-order valence-electron chi connectivity index (χ0n) is 29.4. The maximum atomic E-state index is 12.6. The lowest BCUT2D eigenvalue weighted by Gasteiger charge is -2.48. The Morgan fingerprint density at radius 2 is 1.04 bits per heavy atom. The van der Waals surface area contributed by atoms with Gasteiger partial charge in [0.25, 0.3) is 0 Å². The zero-order chi connectivity index (χ0) is 37.8. The van der Waals surface area contributed by atoms with Crippen LogP contribution in [0.5, 0.6) is 0 Å². The minimum absolute atomic E-state index is 0.0232. The van der Waals surface area contributed by atoms with Crippen molar-refractivity contribution in [2.45, 2.75) is 109 Å². The summed E-state index contributed by atoms with van der Waals surface area (Å²) >= 11 is 0. The molecule has 2 aliphatic heterocycles. The molecule has 0 bridgehead atoms. The van der Waals surface area contributed by atoms with Gasteiger partial charge in [-0.3, -0.25) is 24.0 Å². The predicted molar refractivity (Wildman–Crippen MR) is 174 cm³/mol. The molecule has 2 aliphatic rings. The Labute approximate surface area is 300 Å². The fraction of sp³-hybridized carbons (Fsp3) is 0.528. The van der Waals surface area contributed by atoms with Crippen LogP contribution in [0.1, 0.15) is 45.7 Å². The number of carbonyl (C=O) groups excluding carboxylic acids is 5. The molecule has 0 spiro atoms. The summed E-state index contributed by atoms with van der Waals surface area (Å²) in [5.74, 6) is -3.95. The van der Waals surface area contributed by atoms with Crippen molar-refractivity contribution >= 4 is 29.8 Å². The lowest BCUT2D eigenvalue weighted by atomic mass is 9.96. The average molecular weight is 733 g/mol. The molecule has 52 heavy (non-hydrogen) atoms. The van der Waals surface area contributed by atoms with Crippen molar-refractivity contribution in [2.75, 3.05) is 13.2 Å². The number of hydrogen-bond donors (Lipinski definition) is 1. The first kappa shape index (κ1) is 40.3. The molecule has 16 nitrogen and oxygen atoms in total. The van der Waals surface area contributed by atoms with Gasteiger partial charge in [0.2, 0.25) is 0 Å². The van der Waals surface area contributed by atoms with Gasteiger partial charge in [0.05, 0.1) is 19.8 Å². The highest BCUT2D eigenvalue weighted by Crippen LogP contribution is 2.35. The molecule has 0 aliphatic carbocycles. The second kappa shape index (κ2) is 19.4. The molecular formula is C36H44O16. The molecule has 2 aromatic rings. The largest absolute Gasteiger partial charge is 0.463 e. The normalized spacial score (nSPS) is 28.6. The molecule has 10 atom stereocenters. The number of aliphatic hydroxyl groups is 1. The van der Waals surface area contributed by atoms with Crippen molar-refractivity contribution in [3.63, 3.8) is 0 Å². The van der Waals surface area contributed by atoms with Crippen LogP contribution in [0.3, 0.4) is 0 Å². The van der Waals surface area contributed by atoms with E-state index in [0.29, 0.717) is 0 Å². The molecule has 0 saturated carbocycles. The van der Waals surface area contributed by atoms with E-state index in [-0.39, 0.29) is 19.8 Å². The molecule has 0 radical (unpaired) electrons. The highest BCUT2D eigenvalue weighted by atomic mass is 16.8. The molecule has 2 heterocycles. The Balaban J connectivity index is 1.74. The summed E-state index contributed by atoms with van der Waals surface area (Å²) in [5, 5.41) is 11.2. The topological polar surface area (TPSA) is 198 Å². The molecule has 2 fully saturated rings. The zero-order valence-corrected chi connectivity index (χ0v) is 29.4.